The topological polar surface area (TPSA) is 44.5 Å². The molecule has 56 valence electrons. The van der Waals surface area contributed by atoms with Gasteiger partial charge in [-0.2, -0.15) is 0 Å². The Labute approximate surface area is 56.1 Å². The van der Waals surface area contributed by atoms with E-state index in [1.54, 1.807) is 0 Å². The molecule has 0 radical (unpaired) electrons. The Balaban J connectivity index is 2.60. The highest BCUT2D eigenvalue weighted by Gasteiger charge is 1.85. The third-order valence-electron chi connectivity index (χ3n) is 0.899. The molecule has 3 heteroatoms. The van der Waals surface area contributed by atoms with Crippen LogP contribution in [0.5, 0.6) is 0 Å². The largest absolute Gasteiger partial charge is 0.381 e. The highest BCUT2D eigenvalue weighted by atomic mass is 16.6. The first-order valence-electron chi connectivity index (χ1n) is 3.31. The molecule has 0 aromatic carbocycles. The Kier molecular flexibility index (Phi) is 7.77. The summed E-state index contributed by atoms with van der Waals surface area (Å²) >= 11 is 0. The van der Waals surface area contributed by atoms with Gasteiger partial charge in [0.15, 0.2) is 0 Å². The van der Waals surface area contributed by atoms with Gasteiger partial charge in [0.1, 0.15) is 0 Å². The Morgan fingerprint density at radius 3 is 2.56 bits per heavy atom. The summed E-state index contributed by atoms with van der Waals surface area (Å²) in [5, 5.41) is 0. The summed E-state index contributed by atoms with van der Waals surface area (Å²) in [6.45, 7) is 4.26. The number of rotatable bonds is 6. The van der Waals surface area contributed by atoms with Gasteiger partial charge >= 0.3 is 0 Å². The van der Waals surface area contributed by atoms with Crippen molar-refractivity contribution in [2.45, 2.75) is 19.8 Å². The van der Waals surface area contributed by atoms with Gasteiger partial charge in [-0.25, -0.2) is 5.90 Å². The van der Waals surface area contributed by atoms with E-state index in [1.165, 1.54) is 0 Å². The minimum atomic E-state index is 0.587. The molecule has 0 spiro atoms. The molecule has 0 aliphatic carbocycles. The van der Waals surface area contributed by atoms with Crippen molar-refractivity contribution in [3.63, 3.8) is 0 Å². The molecule has 0 fully saturated rings. The number of nitrogens with two attached hydrogens (primary N) is 1. The lowest BCUT2D eigenvalue weighted by Crippen LogP contribution is -2.04. The van der Waals surface area contributed by atoms with E-state index < -0.39 is 0 Å². The van der Waals surface area contributed by atoms with E-state index in [4.69, 9.17) is 10.6 Å². The van der Waals surface area contributed by atoms with E-state index >= 15 is 0 Å². The second-order valence-electron chi connectivity index (χ2n) is 1.84. The highest BCUT2D eigenvalue weighted by Crippen LogP contribution is 1.83. The molecule has 0 bridgehead atoms. The van der Waals surface area contributed by atoms with Crippen molar-refractivity contribution in [1.29, 1.82) is 0 Å². The number of hydrogen-bond donors (Lipinski definition) is 1. The van der Waals surface area contributed by atoms with Gasteiger partial charge in [-0.15, -0.1) is 0 Å². The van der Waals surface area contributed by atoms with Crippen LogP contribution >= 0.6 is 0 Å². The Morgan fingerprint density at radius 1 is 1.22 bits per heavy atom. The molecule has 2 N–H and O–H groups in total. The lowest BCUT2D eigenvalue weighted by Gasteiger charge is -1.99. The Morgan fingerprint density at radius 2 is 2.00 bits per heavy atom. The van der Waals surface area contributed by atoms with Crippen LogP contribution in [0, 0.1) is 0 Å². The maximum absolute atomic E-state index is 5.15. The van der Waals surface area contributed by atoms with Crippen molar-refractivity contribution in [3.05, 3.63) is 0 Å². The van der Waals surface area contributed by atoms with Crippen LogP contribution in [0.1, 0.15) is 19.8 Å². The smallest absolute Gasteiger partial charge is 0.0701 e. The second-order valence-corrected chi connectivity index (χ2v) is 1.84. The van der Waals surface area contributed by atoms with Crippen LogP contribution in [0.15, 0.2) is 0 Å². The fourth-order valence-corrected chi connectivity index (χ4v) is 0.491. The number of ether oxygens (including phenoxy) is 1. The molecule has 0 amide bonds. The lowest BCUT2D eigenvalue weighted by molar-refractivity contribution is 0.0836. The SMILES string of the molecule is CCCOCCCON. The van der Waals surface area contributed by atoms with Crippen LogP contribution in [0.3, 0.4) is 0 Å². The van der Waals surface area contributed by atoms with E-state index in [0.717, 1.165) is 26.1 Å². The lowest BCUT2D eigenvalue weighted by atomic mass is 10.5. The summed E-state index contributed by atoms with van der Waals surface area (Å²) in [6, 6.07) is 0. The van der Waals surface area contributed by atoms with Gasteiger partial charge in [-0.3, -0.25) is 0 Å². The summed E-state index contributed by atoms with van der Waals surface area (Å²) in [5.41, 5.74) is 0. The van der Waals surface area contributed by atoms with Crippen molar-refractivity contribution in [3.8, 4) is 0 Å². The first kappa shape index (κ1) is 8.88. The van der Waals surface area contributed by atoms with Crippen LogP contribution < -0.4 is 5.90 Å². The molecule has 0 unspecified atom stereocenters. The zero-order valence-corrected chi connectivity index (χ0v) is 5.93. The first-order chi connectivity index (χ1) is 4.41. The normalized spacial score (nSPS) is 10.0. The molecule has 0 rings (SSSR count). The van der Waals surface area contributed by atoms with Crippen molar-refractivity contribution in [2.75, 3.05) is 19.8 Å². The van der Waals surface area contributed by atoms with E-state index in [2.05, 4.69) is 11.8 Å². The molecular formula is C6H15NO2. The molecule has 0 aromatic heterocycles. The molecule has 0 aliphatic heterocycles. The quantitative estimate of drug-likeness (QED) is 0.428. The minimum Gasteiger partial charge on any atom is -0.381 e. The predicted molar refractivity (Wildman–Crippen MR) is 35.9 cm³/mol. The van der Waals surface area contributed by atoms with Crippen molar-refractivity contribution < 1.29 is 9.57 Å². The van der Waals surface area contributed by atoms with Crippen LogP contribution in [-0.2, 0) is 9.57 Å². The first-order valence-corrected chi connectivity index (χ1v) is 3.31. The molecule has 0 saturated carbocycles. The zero-order chi connectivity index (χ0) is 6.95. The van der Waals surface area contributed by atoms with Gasteiger partial charge in [0.25, 0.3) is 0 Å². The van der Waals surface area contributed by atoms with Crippen molar-refractivity contribution in [1.82, 2.24) is 0 Å². The van der Waals surface area contributed by atoms with Crippen LogP contribution in [-0.4, -0.2) is 19.8 Å². The molecule has 0 atom stereocenters. The Bertz CT molecular complexity index is 44.3. The van der Waals surface area contributed by atoms with Crippen LogP contribution in [0.2, 0.25) is 0 Å². The van der Waals surface area contributed by atoms with Gasteiger partial charge in [0.05, 0.1) is 6.61 Å². The van der Waals surface area contributed by atoms with Gasteiger partial charge in [-0.05, 0) is 12.8 Å². The fraction of sp³-hybridized carbons (Fsp3) is 1.00. The minimum absolute atomic E-state index is 0.587. The van der Waals surface area contributed by atoms with Crippen molar-refractivity contribution >= 4 is 0 Å². The third-order valence-corrected chi connectivity index (χ3v) is 0.899. The number of hydrogen-bond acceptors (Lipinski definition) is 3. The monoisotopic (exact) mass is 133 g/mol. The van der Waals surface area contributed by atoms with E-state index in [9.17, 15) is 0 Å². The maximum atomic E-state index is 5.15. The van der Waals surface area contributed by atoms with Crippen LogP contribution in [0.4, 0.5) is 0 Å². The molecule has 3 nitrogen and oxygen atoms in total. The summed E-state index contributed by atoms with van der Waals surface area (Å²) in [7, 11) is 0. The zero-order valence-electron chi connectivity index (χ0n) is 5.93. The summed E-state index contributed by atoms with van der Waals surface area (Å²) < 4.78 is 5.15. The average Bonchev–Trinajstić information content (AvgIpc) is 1.89. The Hall–Kier alpha value is -0.120. The summed E-state index contributed by atoms with van der Waals surface area (Å²) in [5.74, 6) is 4.79. The van der Waals surface area contributed by atoms with E-state index in [0.29, 0.717) is 6.61 Å². The van der Waals surface area contributed by atoms with Crippen molar-refractivity contribution in [2.24, 2.45) is 5.90 Å². The molecule has 0 aliphatic rings. The predicted octanol–water partition coefficient (Wildman–Crippen LogP) is 0.693. The third kappa shape index (κ3) is 7.88. The fourth-order valence-electron chi connectivity index (χ4n) is 0.491. The molecule has 9 heavy (non-hydrogen) atoms. The van der Waals surface area contributed by atoms with Gasteiger partial charge in [0, 0.05) is 13.2 Å². The van der Waals surface area contributed by atoms with Gasteiger partial charge in [0.2, 0.25) is 0 Å². The highest BCUT2D eigenvalue weighted by molar-refractivity contribution is 4.31. The standard InChI is InChI=1S/C6H15NO2/c1-2-4-8-5-3-6-9-7/h2-7H2,1H3. The summed E-state index contributed by atoms with van der Waals surface area (Å²) in [4.78, 5) is 4.34. The average molecular weight is 133 g/mol. The van der Waals surface area contributed by atoms with Gasteiger partial charge < -0.3 is 9.57 Å². The molecule has 0 aromatic rings. The van der Waals surface area contributed by atoms with Crippen LogP contribution in [0.25, 0.3) is 0 Å². The second kappa shape index (κ2) is 7.88. The molecule has 0 saturated heterocycles. The summed E-state index contributed by atoms with van der Waals surface area (Å²) in [6.07, 6.45) is 1.96. The van der Waals surface area contributed by atoms with E-state index in [-0.39, 0.29) is 0 Å². The molecule has 0 heterocycles. The maximum Gasteiger partial charge on any atom is 0.0701 e. The molecular weight excluding hydrogens is 118 g/mol. The van der Waals surface area contributed by atoms with E-state index in [1.807, 2.05) is 0 Å². The van der Waals surface area contributed by atoms with Gasteiger partial charge in [-0.1, -0.05) is 6.92 Å².